The summed E-state index contributed by atoms with van der Waals surface area (Å²) in [5, 5.41) is 0.505. The van der Waals surface area contributed by atoms with Gasteiger partial charge in [0.15, 0.2) is 5.43 Å². The molecule has 0 radical (unpaired) electrons. The van der Waals surface area contributed by atoms with Crippen molar-refractivity contribution < 1.29 is 13.9 Å². The molecule has 2 aromatic carbocycles. The van der Waals surface area contributed by atoms with Gasteiger partial charge in [0, 0.05) is 18.6 Å². The molecule has 4 rings (SSSR count). The van der Waals surface area contributed by atoms with Gasteiger partial charge in [-0.25, -0.2) is 0 Å². The van der Waals surface area contributed by atoms with Crippen LogP contribution in [0, 0.1) is 6.92 Å². The summed E-state index contributed by atoms with van der Waals surface area (Å²) in [6.07, 6.45) is 2.01. The van der Waals surface area contributed by atoms with E-state index in [0.29, 0.717) is 29.7 Å². The van der Waals surface area contributed by atoms with Gasteiger partial charge >= 0.3 is 0 Å². The Morgan fingerprint density at radius 2 is 1.89 bits per heavy atom. The minimum absolute atomic E-state index is 0.136. The Balaban J connectivity index is 1.94. The van der Waals surface area contributed by atoms with Crippen molar-refractivity contribution in [2.24, 2.45) is 0 Å². The molecule has 1 amide bonds. The zero-order chi connectivity index (χ0) is 19.8. The van der Waals surface area contributed by atoms with Crippen molar-refractivity contribution in [3.8, 4) is 0 Å². The van der Waals surface area contributed by atoms with Crippen molar-refractivity contribution in [3.05, 3.63) is 75.1 Å². The lowest BCUT2D eigenvalue weighted by molar-refractivity contribution is 0.0663. The molecule has 1 atom stereocenters. The number of thioether (sulfide) groups is 1. The highest BCUT2D eigenvalue weighted by Crippen LogP contribution is 2.38. The molecule has 0 N–H and O–H groups in total. The monoisotopic (exact) mass is 395 g/mol. The summed E-state index contributed by atoms with van der Waals surface area (Å²) in [4.78, 5) is 29.3. The SMILES string of the molecule is COCCN1C(=O)c2oc3ccc(C)cc3c(=O)c2C1c1ccc(SC)cc1. The molecule has 1 aromatic heterocycles. The van der Waals surface area contributed by atoms with Crippen molar-refractivity contribution in [2.45, 2.75) is 17.9 Å². The van der Waals surface area contributed by atoms with E-state index in [9.17, 15) is 9.59 Å². The highest BCUT2D eigenvalue weighted by atomic mass is 32.2. The minimum Gasteiger partial charge on any atom is -0.450 e. The van der Waals surface area contributed by atoms with Crippen LogP contribution in [0.3, 0.4) is 0 Å². The Kier molecular flexibility index (Phi) is 5.00. The van der Waals surface area contributed by atoms with Crippen LogP contribution in [0.2, 0.25) is 0 Å². The maximum absolute atomic E-state index is 13.4. The molecule has 1 unspecified atom stereocenters. The summed E-state index contributed by atoms with van der Waals surface area (Å²) in [6.45, 7) is 2.69. The second-order valence-corrected chi connectivity index (χ2v) is 7.72. The molecule has 0 aliphatic carbocycles. The van der Waals surface area contributed by atoms with Crippen LogP contribution < -0.4 is 5.43 Å². The summed E-state index contributed by atoms with van der Waals surface area (Å²) in [7, 11) is 1.59. The highest BCUT2D eigenvalue weighted by molar-refractivity contribution is 7.98. The fraction of sp³-hybridized carbons (Fsp3) is 0.273. The van der Waals surface area contributed by atoms with Gasteiger partial charge in [-0.3, -0.25) is 9.59 Å². The molecule has 6 heteroatoms. The van der Waals surface area contributed by atoms with E-state index in [1.165, 1.54) is 0 Å². The molecular formula is C22H21NO4S. The molecular weight excluding hydrogens is 374 g/mol. The summed E-state index contributed by atoms with van der Waals surface area (Å²) >= 11 is 1.65. The summed E-state index contributed by atoms with van der Waals surface area (Å²) in [6, 6.07) is 12.9. The van der Waals surface area contributed by atoms with E-state index in [-0.39, 0.29) is 17.1 Å². The third kappa shape index (κ3) is 3.02. The predicted octanol–water partition coefficient (Wildman–Crippen LogP) is 4.01. The van der Waals surface area contributed by atoms with E-state index >= 15 is 0 Å². The molecule has 5 nitrogen and oxygen atoms in total. The maximum Gasteiger partial charge on any atom is 0.290 e. The molecule has 0 saturated heterocycles. The number of aryl methyl sites for hydroxylation is 1. The van der Waals surface area contributed by atoms with E-state index < -0.39 is 6.04 Å². The van der Waals surface area contributed by atoms with E-state index in [1.54, 1.807) is 29.8 Å². The first-order valence-electron chi connectivity index (χ1n) is 9.06. The second-order valence-electron chi connectivity index (χ2n) is 6.84. The molecule has 0 fully saturated rings. The minimum atomic E-state index is -0.477. The highest BCUT2D eigenvalue weighted by Gasteiger charge is 2.42. The van der Waals surface area contributed by atoms with E-state index in [2.05, 4.69) is 0 Å². The maximum atomic E-state index is 13.4. The number of hydrogen-bond acceptors (Lipinski definition) is 5. The average molecular weight is 395 g/mol. The average Bonchev–Trinajstić information content (AvgIpc) is 2.99. The van der Waals surface area contributed by atoms with Crippen LogP contribution in [0.1, 0.15) is 33.3 Å². The van der Waals surface area contributed by atoms with Crippen LogP contribution in [-0.4, -0.2) is 37.3 Å². The molecule has 1 aliphatic heterocycles. The van der Waals surface area contributed by atoms with Gasteiger partial charge in [-0.15, -0.1) is 11.8 Å². The number of nitrogens with zero attached hydrogens (tertiary/aromatic N) is 1. The van der Waals surface area contributed by atoms with E-state index in [1.807, 2.05) is 49.6 Å². The zero-order valence-electron chi connectivity index (χ0n) is 16.0. The first-order chi connectivity index (χ1) is 13.5. The Morgan fingerprint density at radius 1 is 1.14 bits per heavy atom. The van der Waals surface area contributed by atoms with Gasteiger partial charge in [-0.05, 0) is 43.0 Å². The lowest BCUT2D eigenvalue weighted by atomic mass is 9.98. The lowest BCUT2D eigenvalue weighted by Crippen LogP contribution is -2.32. The Bertz CT molecular complexity index is 1100. The first-order valence-corrected chi connectivity index (χ1v) is 10.3. The quantitative estimate of drug-likeness (QED) is 0.611. The van der Waals surface area contributed by atoms with Gasteiger partial charge in [0.2, 0.25) is 5.76 Å². The Hall–Kier alpha value is -2.57. The van der Waals surface area contributed by atoms with Crippen molar-refractivity contribution in [3.63, 3.8) is 0 Å². The molecule has 144 valence electrons. The fourth-order valence-corrected chi connectivity index (χ4v) is 4.10. The number of amides is 1. The van der Waals surface area contributed by atoms with Crippen molar-refractivity contribution >= 4 is 28.6 Å². The van der Waals surface area contributed by atoms with Crippen LogP contribution in [0.4, 0.5) is 0 Å². The smallest absolute Gasteiger partial charge is 0.290 e. The van der Waals surface area contributed by atoms with Crippen molar-refractivity contribution in [1.29, 1.82) is 0 Å². The van der Waals surface area contributed by atoms with Crippen LogP contribution in [0.15, 0.2) is 56.6 Å². The zero-order valence-corrected chi connectivity index (χ0v) is 16.8. The van der Waals surface area contributed by atoms with Gasteiger partial charge in [-0.1, -0.05) is 23.8 Å². The summed E-state index contributed by atoms with van der Waals surface area (Å²) in [5.74, 6) is -0.137. The normalized spacial score (nSPS) is 16.0. The van der Waals surface area contributed by atoms with Gasteiger partial charge in [0.25, 0.3) is 5.91 Å². The number of ether oxygens (including phenoxy) is 1. The lowest BCUT2D eigenvalue weighted by Gasteiger charge is -2.24. The van der Waals surface area contributed by atoms with Gasteiger partial charge in [0.05, 0.1) is 23.6 Å². The molecule has 0 spiro atoms. The second kappa shape index (κ2) is 7.45. The molecule has 28 heavy (non-hydrogen) atoms. The number of hydrogen-bond donors (Lipinski definition) is 0. The fourth-order valence-electron chi connectivity index (χ4n) is 3.69. The number of fused-ring (bicyclic) bond motifs is 2. The van der Waals surface area contributed by atoms with E-state index in [4.69, 9.17) is 9.15 Å². The van der Waals surface area contributed by atoms with Crippen LogP contribution in [0.25, 0.3) is 11.0 Å². The predicted molar refractivity (Wildman–Crippen MR) is 110 cm³/mol. The van der Waals surface area contributed by atoms with Gasteiger partial charge < -0.3 is 14.1 Å². The van der Waals surface area contributed by atoms with Crippen LogP contribution >= 0.6 is 11.8 Å². The van der Waals surface area contributed by atoms with Crippen LogP contribution in [0.5, 0.6) is 0 Å². The Labute approximate surface area is 167 Å². The summed E-state index contributed by atoms with van der Waals surface area (Å²) < 4.78 is 11.1. The molecule has 3 aromatic rings. The largest absolute Gasteiger partial charge is 0.450 e. The molecule has 1 aliphatic rings. The third-order valence-electron chi connectivity index (χ3n) is 5.09. The number of carbonyl (C=O) groups is 1. The van der Waals surface area contributed by atoms with Gasteiger partial charge in [-0.2, -0.15) is 0 Å². The number of carbonyl (C=O) groups excluding carboxylic acids is 1. The Morgan fingerprint density at radius 3 is 2.57 bits per heavy atom. The number of rotatable bonds is 5. The van der Waals surface area contributed by atoms with Crippen molar-refractivity contribution in [1.82, 2.24) is 4.90 Å². The first kappa shape index (κ1) is 18.8. The standard InChI is InChI=1S/C22H21NO4S/c1-13-4-9-17-16(12-13)20(24)18-19(14-5-7-15(28-3)8-6-14)23(10-11-26-2)22(25)21(18)27-17/h4-9,12,19H,10-11H2,1-3H3. The summed E-state index contributed by atoms with van der Waals surface area (Å²) in [5.41, 5.74) is 2.57. The van der Waals surface area contributed by atoms with Crippen LogP contribution in [-0.2, 0) is 4.74 Å². The van der Waals surface area contributed by atoms with Gasteiger partial charge in [0.1, 0.15) is 5.58 Å². The van der Waals surface area contributed by atoms with Crippen molar-refractivity contribution in [2.75, 3.05) is 26.5 Å². The molecule has 2 heterocycles. The number of methoxy groups -OCH3 is 1. The molecule has 0 bridgehead atoms. The number of benzene rings is 2. The van der Waals surface area contributed by atoms with E-state index in [0.717, 1.165) is 16.0 Å². The third-order valence-corrected chi connectivity index (χ3v) is 5.83. The topological polar surface area (TPSA) is 59.8 Å². The molecule has 0 saturated carbocycles.